The highest BCUT2D eigenvalue weighted by molar-refractivity contribution is 5.94. The van der Waals surface area contributed by atoms with E-state index in [-0.39, 0.29) is 35.2 Å². The Labute approximate surface area is 182 Å². The number of hydrogen-bond acceptors (Lipinski definition) is 7. The summed E-state index contributed by atoms with van der Waals surface area (Å²) < 4.78 is 10.8. The molecule has 4 rings (SSSR count). The lowest BCUT2D eigenvalue weighted by Crippen LogP contribution is -2.74. The quantitative estimate of drug-likeness (QED) is 0.426. The minimum atomic E-state index is -1.57. The molecule has 0 spiro atoms. The molecular weight excluding hydrogens is 400 g/mol. The first-order valence-corrected chi connectivity index (χ1v) is 10.7. The maximum absolute atomic E-state index is 12.9. The molecule has 31 heavy (non-hydrogen) atoms. The third-order valence-corrected chi connectivity index (χ3v) is 8.10. The highest BCUT2D eigenvalue weighted by Crippen LogP contribution is 2.68. The number of carbonyl (C=O) groups is 1. The van der Waals surface area contributed by atoms with E-state index in [1.54, 1.807) is 13.0 Å². The van der Waals surface area contributed by atoms with Crippen molar-refractivity contribution in [1.29, 1.82) is 0 Å². The van der Waals surface area contributed by atoms with Gasteiger partial charge >= 0.3 is 5.97 Å². The molecule has 2 unspecified atom stereocenters. The standard InChI is InChI=1S/C24H32O7/c1-12-6-15(30-5)8-16(26)18(12)21(28)31-17-10-23(4)19-13(9-22(2,3)20(19)27)7-14(11-25)24(17,23)29/h6-8,13,17,19-20,25-27,29H,9-11H2,1-5H3/t13?,17-,19?,20-,23-,24+/m1/s1. The second-order valence-corrected chi connectivity index (χ2v) is 10.3. The summed E-state index contributed by atoms with van der Waals surface area (Å²) in [6.45, 7) is 7.23. The Balaban J connectivity index is 1.65. The van der Waals surface area contributed by atoms with Crippen molar-refractivity contribution in [1.82, 2.24) is 0 Å². The largest absolute Gasteiger partial charge is 0.507 e. The molecule has 7 heteroatoms. The van der Waals surface area contributed by atoms with Gasteiger partial charge in [0.25, 0.3) is 0 Å². The van der Waals surface area contributed by atoms with E-state index >= 15 is 0 Å². The van der Waals surface area contributed by atoms with Crippen LogP contribution in [0.1, 0.15) is 49.5 Å². The SMILES string of the molecule is COc1cc(C)c(C(=O)O[C@@H]2C[C@]3(C)C4C(C=C(CO)[C@]23O)CC(C)(C)[C@@H]4O)c(O)c1. The van der Waals surface area contributed by atoms with Crippen molar-refractivity contribution in [3.8, 4) is 11.5 Å². The van der Waals surface area contributed by atoms with E-state index in [0.717, 1.165) is 6.42 Å². The topological polar surface area (TPSA) is 116 Å². The van der Waals surface area contributed by atoms with Crippen LogP contribution >= 0.6 is 0 Å². The molecule has 1 aromatic rings. The number of fused-ring (bicyclic) bond motifs is 3. The van der Waals surface area contributed by atoms with Crippen LogP contribution in [0.25, 0.3) is 0 Å². The number of aryl methyl sites for hydroxylation is 1. The number of esters is 1. The lowest BCUT2D eigenvalue weighted by molar-refractivity contribution is -0.260. The van der Waals surface area contributed by atoms with Gasteiger partial charge in [0.05, 0.1) is 19.8 Å². The van der Waals surface area contributed by atoms with E-state index in [1.807, 2.05) is 26.8 Å². The van der Waals surface area contributed by atoms with Gasteiger partial charge in [-0.15, -0.1) is 0 Å². The van der Waals surface area contributed by atoms with Gasteiger partial charge in [-0.1, -0.05) is 26.8 Å². The molecular formula is C24H32O7. The lowest BCUT2D eigenvalue weighted by Gasteiger charge is -2.65. The molecule has 6 atom stereocenters. The first-order valence-electron chi connectivity index (χ1n) is 10.7. The number of ether oxygens (including phenoxy) is 2. The van der Waals surface area contributed by atoms with Crippen molar-refractivity contribution < 1.29 is 34.7 Å². The normalized spacial score (nSPS) is 37.9. The Bertz CT molecular complexity index is 928. The number of phenolic OH excluding ortho intramolecular Hbond substituents is 1. The number of phenols is 1. The summed E-state index contributed by atoms with van der Waals surface area (Å²) in [6.07, 6.45) is 1.48. The van der Waals surface area contributed by atoms with Gasteiger partial charge in [-0.3, -0.25) is 0 Å². The van der Waals surface area contributed by atoms with E-state index in [2.05, 4.69) is 0 Å². The highest BCUT2D eigenvalue weighted by atomic mass is 16.6. The second-order valence-electron chi connectivity index (χ2n) is 10.3. The summed E-state index contributed by atoms with van der Waals surface area (Å²) in [5.41, 5.74) is -1.68. The minimum absolute atomic E-state index is 0.0169. The number of aromatic hydroxyl groups is 1. The zero-order valence-electron chi connectivity index (χ0n) is 18.7. The van der Waals surface area contributed by atoms with Crippen molar-refractivity contribution in [3.63, 3.8) is 0 Å². The molecule has 2 fully saturated rings. The molecule has 0 aliphatic heterocycles. The molecule has 0 aromatic heterocycles. The fraction of sp³-hybridized carbons (Fsp3) is 0.625. The molecule has 0 heterocycles. The van der Waals surface area contributed by atoms with Crippen molar-refractivity contribution in [3.05, 3.63) is 34.9 Å². The molecule has 170 valence electrons. The molecule has 0 saturated heterocycles. The van der Waals surface area contributed by atoms with Crippen LogP contribution in [0, 0.1) is 29.6 Å². The molecule has 4 N–H and O–H groups in total. The monoisotopic (exact) mass is 432 g/mol. The fourth-order valence-corrected chi connectivity index (χ4v) is 6.44. The van der Waals surface area contributed by atoms with Gasteiger partial charge in [-0.2, -0.15) is 0 Å². The van der Waals surface area contributed by atoms with Gasteiger partial charge in [0.2, 0.25) is 0 Å². The average molecular weight is 433 g/mol. The van der Waals surface area contributed by atoms with Crippen LogP contribution < -0.4 is 4.74 Å². The van der Waals surface area contributed by atoms with Crippen molar-refractivity contribution in [2.75, 3.05) is 13.7 Å². The third-order valence-electron chi connectivity index (χ3n) is 8.10. The van der Waals surface area contributed by atoms with Gasteiger partial charge in [-0.05, 0) is 48.3 Å². The fourth-order valence-electron chi connectivity index (χ4n) is 6.44. The summed E-state index contributed by atoms with van der Waals surface area (Å²) in [4.78, 5) is 12.9. The van der Waals surface area contributed by atoms with E-state index in [0.29, 0.717) is 23.3 Å². The zero-order chi connectivity index (χ0) is 22.9. The van der Waals surface area contributed by atoms with E-state index in [9.17, 15) is 25.2 Å². The molecule has 7 nitrogen and oxygen atoms in total. The van der Waals surface area contributed by atoms with Gasteiger partial charge in [0, 0.05) is 17.4 Å². The molecule has 1 aromatic carbocycles. The first kappa shape index (κ1) is 22.1. The van der Waals surface area contributed by atoms with Gasteiger partial charge in [-0.25, -0.2) is 4.79 Å². The van der Waals surface area contributed by atoms with Crippen LogP contribution in [0.4, 0.5) is 0 Å². The van der Waals surface area contributed by atoms with Gasteiger partial charge < -0.3 is 29.9 Å². The Hall–Kier alpha value is -2.09. The van der Waals surface area contributed by atoms with Crippen LogP contribution in [0.3, 0.4) is 0 Å². The Morgan fingerprint density at radius 2 is 1.90 bits per heavy atom. The Morgan fingerprint density at radius 3 is 2.48 bits per heavy atom. The number of benzene rings is 1. The van der Waals surface area contributed by atoms with Crippen molar-refractivity contribution in [2.24, 2.45) is 22.7 Å². The molecule has 3 aliphatic rings. The second kappa shape index (κ2) is 6.95. The predicted octanol–water partition coefficient (Wildman–Crippen LogP) is 2.33. The Morgan fingerprint density at radius 1 is 1.23 bits per heavy atom. The molecule has 2 saturated carbocycles. The number of methoxy groups -OCH3 is 1. The van der Waals surface area contributed by atoms with Crippen molar-refractivity contribution >= 4 is 5.97 Å². The maximum Gasteiger partial charge on any atom is 0.342 e. The average Bonchev–Trinajstić information content (AvgIpc) is 2.92. The van der Waals surface area contributed by atoms with Gasteiger partial charge in [0.15, 0.2) is 0 Å². The summed E-state index contributed by atoms with van der Waals surface area (Å²) in [5, 5.41) is 43.1. The number of aliphatic hydroxyl groups excluding tert-OH is 2. The summed E-state index contributed by atoms with van der Waals surface area (Å²) in [7, 11) is 1.47. The molecule has 0 bridgehead atoms. The van der Waals surface area contributed by atoms with E-state index in [4.69, 9.17) is 9.47 Å². The first-order chi connectivity index (χ1) is 14.4. The smallest absolute Gasteiger partial charge is 0.342 e. The summed E-state index contributed by atoms with van der Waals surface area (Å²) in [5.74, 6) is -0.741. The molecule has 3 aliphatic carbocycles. The molecule has 0 amide bonds. The number of carbonyl (C=O) groups excluding carboxylic acids is 1. The van der Waals surface area contributed by atoms with Crippen LogP contribution in [0.2, 0.25) is 0 Å². The van der Waals surface area contributed by atoms with Crippen molar-refractivity contribution in [2.45, 2.75) is 58.3 Å². The summed E-state index contributed by atoms with van der Waals surface area (Å²) in [6, 6.07) is 2.96. The number of allylic oxidation sites excluding steroid dienone is 1. The predicted molar refractivity (Wildman–Crippen MR) is 113 cm³/mol. The number of aliphatic hydroxyl groups is 3. The number of rotatable bonds is 4. The van der Waals surface area contributed by atoms with Crippen LogP contribution in [0.15, 0.2) is 23.8 Å². The Kier molecular flexibility index (Phi) is 4.96. The van der Waals surface area contributed by atoms with Crippen LogP contribution in [-0.4, -0.2) is 57.9 Å². The van der Waals surface area contributed by atoms with Crippen LogP contribution in [-0.2, 0) is 4.74 Å². The zero-order valence-corrected chi connectivity index (χ0v) is 18.7. The van der Waals surface area contributed by atoms with Crippen LogP contribution in [0.5, 0.6) is 11.5 Å². The third kappa shape index (κ3) is 2.86. The lowest BCUT2D eigenvalue weighted by atomic mass is 9.43. The molecule has 0 radical (unpaired) electrons. The highest BCUT2D eigenvalue weighted by Gasteiger charge is 2.74. The van der Waals surface area contributed by atoms with E-state index in [1.165, 1.54) is 13.2 Å². The minimum Gasteiger partial charge on any atom is -0.507 e. The maximum atomic E-state index is 12.9. The number of hydrogen-bond donors (Lipinski definition) is 4. The van der Waals surface area contributed by atoms with Gasteiger partial charge in [0.1, 0.15) is 28.8 Å². The summed E-state index contributed by atoms with van der Waals surface area (Å²) >= 11 is 0. The van der Waals surface area contributed by atoms with E-state index < -0.39 is 29.2 Å².